The van der Waals surface area contributed by atoms with Gasteiger partial charge in [0.05, 0.1) is 6.54 Å². The molecule has 1 atom stereocenters. The summed E-state index contributed by atoms with van der Waals surface area (Å²) in [6, 6.07) is 11.9. The Bertz CT molecular complexity index is 936. The van der Waals surface area contributed by atoms with Crippen LogP contribution in [0.25, 0.3) is 0 Å². The van der Waals surface area contributed by atoms with Crippen LogP contribution in [0.3, 0.4) is 0 Å². The van der Waals surface area contributed by atoms with E-state index in [-0.39, 0.29) is 17.1 Å². The van der Waals surface area contributed by atoms with Crippen LogP contribution in [0.2, 0.25) is 5.02 Å². The van der Waals surface area contributed by atoms with E-state index in [4.69, 9.17) is 11.6 Å². The fourth-order valence-corrected chi connectivity index (χ4v) is 2.90. The predicted octanol–water partition coefficient (Wildman–Crippen LogP) is 3.08. The number of benzene rings is 2. The number of nitrogens with one attached hydrogen (secondary N) is 2. The molecule has 0 radical (unpaired) electrons. The molecule has 1 heterocycles. The summed E-state index contributed by atoms with van der Waals surface area (Å²) in [5, 5.41) is 3.34. The van der Waals surface area contributed by atoms with E-state index in [0.717, 1.165) is 6.07 Å². The van der Waals surface area contributed by atoms with Crippen LogP contribution in [0.15, 0.2) is 54.6 Å². The summed E-state index contributed by atoms with van der Waals surface area (Å²) in [4.78, 5) is 37.5. The van der Waals surface area contributed by atoms with Crippen molar-refractivity contribution in [1.82, 2.24) is 15.5 Å². The van der Waals surface area contributed by atoms with Gasteiger partial charge in [-0.05, 0) is 23.8 Å². The van der Waals surface area contributed by atoms with E-state index >= 15 is 0 Å². The van der Waals surface area contributed by atoms with Gasteiger partial charge in [-0.15, -0.1) is 0 Å². The summed E-state index contributed by atoms with van der Waals surface area (Å²) in [6.07, 6.45) is -5.28. The van der Waals surface area contributed by atoms with E-state index in [9.17, 15) is 27.6 Å². The van der Waals surface area contributed by atoms with Crippen molar-refractivity contribution in [2.75, 3.05) is 0 Å². The molecule has 1 fully saturated rings. The van der Waals surface area contributed by atoms with Gasteiger partial charge in [-0.2, -0.15) is 13.2 Å². The molecule has 3 rings (SSSR count). The Balaban J connectivity index is 1.92. The van der Waals surface area contributed by atoms with Gasteiger partial charge in [-0.25, -0.2) is 4.79 Å². The fourth-order valence-electron chi connectivity index (χ4n) is 2.71. The van der Waals surface area contributed by atoms with Gasteiger partial charge in [-0.1, -0.05) is 48.0 Å². The van der Waals surface area contributed by atoms with Crippen molar-refractivity contribution >= 4 is 29.4 Å². The second kappa shape index (κ2) is 7.16. The van der Waals surface area contributed by atoms with Gasteiger partial charge < -0.3 is 5.32 Å². The van der Waals surface area contributed by atoms with Gasteiger partial charge >= 0.3 is 12.2 Å². The Morgan fingerprint density at radius 3 is 2.39 bits per heavy atom. The SMILES string of the molecule is O=C(N[C@]1(C(F)(F)F)NC(=O)N(Cc2ccccc2)C1=O)c1cccc(Cl)c1. The number of carbonyl (C=O) groups excluding carboxylic acids is 3. The number of hydrogen-bond donors (Lipinski definition) is 2. The quantitative estimate of drug-likeness (QED) is 0.759. The number of nitrogens with zero attached hydrogens (tertiary/aromatic N) is 1. The zero-order valence-electron chi connectivity index (χ0n) is 14.1. The molecule has 6 nitrogen and oxygen atoms in total. The van der Waals surface area contributed by atoms with Crippen LogP contribution in [0.1, 0.15) is 15.9 Å². The molecule has 0 unspecified atom stereocenters. The van der Waals surface area contributed by atoms with E-state index in [0.29, 0.717) is 10.5 Å². The third-order valence-corrected chi connectivity index (χ3v) is 4.34. The molecule has 0 aliphatic carbocycles. The Hall–Kier alpha value is -3.07. The smallest absolute Gasteiger partial charge is 0.314 e. The first-order valence-corrected chi connectivity index (χ1v) is 8.35. The fraction of sp³-hybridized carbons (Fsp3) is 0.167. The van der Waals surface area contributed by atoms with Crippen molar-refractivity contribution in [3.63, 3.8) is 0 Å². The summed E-state index contributed by atoms with van der Waals surface area (Å²) < 4.78 is 41.4. The molecule has 1 aliphatic heterocycles. The van der Waals surface area contributed by atoms with Gasteiger partial charge in [0.2, 0.25) is 0 Å². The van der Waals surface area contributed by atoms with Crippen molar-refractivity contribution in [2.45, 2.75) is 18.4 Å². The van der Waals surface area contributed by atoms with Crippen molar-refractivity contribution < 1.29 is 27.6 Å². The Kier molecular flexibility index (Phi) is 5.03. The van der Waals surface area contributed by atoms with Crippen molar-refractivity contribution in [2.24, 2.45) is 0 Å². The maximum atomic E-state index is 13.8. The van der Waals surface area contributed by atoms with Gasteiger partial charge in [0.1, 0.15) is 0 Å². The number of alkyl halides is 3. The monoisotopic (exact) mass is 411 g/mol. The summed E-state index contributed by atoms with van der Waals surface area (Å²) in [5.41, 5.74) is -3.32. The summed E-state index contributed by atoms with van der Waals surface area (Å²) in [7, 11) is 0. The molecule has 0 bridgehead atoms. The maximum Gasteiger partial charge on any atom is 0.440 e. The second-order valence-corrected chi connectivity index (χ2v) is 6.46. The van der Waals surface area contributed by atoms with Crippen LogP contribution in [0.4, 0.5) is 18.0 Å². The minimum Gasteiger partial charge on any atom is -0.314 e. The standard InChI is InChI=1S/C18H13ClF3N3O3/c19-13-8-4-7-12(9-13)14(26)23-17(18(20,21)22)15(27)25(16(28)24-17)10-11-5-2-1-3-6-11/h1-9H,10H2,(H,23,26)(H,24,28)/t17-/m0/s1. The van der Waals surface area contributed by atoms with Gasteiger partial charge in [0.15, 0.2) is 0 Å². The van der Waals surface area contributed by atoms with E-state index in [1.165, 1.54) is 18.2 Å². The van der Waals surface area contributed by atoms with E-state index < -0.39 is 29.7 Å². The lowest BCUT2D eigenvalue weighted by Crippen LogP contribution is -2.69. The zero-order chi connectivity index (χ0) is 20.5. The first kappa shape index (κ1) is 19.7. The van der Waals surface area contributed by atoms with Crippen LogP contribution in [0.5, 0.6) is 0 Å². The highest BCUT2D eigenvalue weighted by atomic mass is 35.5. The second-order valence-electron chi connectivity index (χ2n) is 6.02. The molecular weight excluding hydrogens is 399 g/mol. The lowest BCUT2D eigenvalue weighted by atomic mass is 10.1. The highest BCUT2D eigenvalue weighted by Crippen LogP contribution is 2.34. The van der Waals surface area contributed by atoms with E-state index in [1.807, 2.05) is 0 Å². The van der Waals surface area contributed by atoms with E-state index in [2.05, 4.69) is 0 Å². The average Bonchev–Trinajstić information content (AvgIpc) is 2.87. The lowest BCUT2D eigenvalue weighted by molar-refractivity contribution is -0.200. The number of carbonyl (C=O) groups is 3. The van der Waals surface area contributed by atoms with Gasteiger partial charge in [0, 0.05) is 10.6 Å². The van der Waals surface area contributed by atoms with Crippen LogP contribution >= 0.6 is 11.6 Å². The topological polar surface area (TPSA) is 78.5 Å². The third-order valence-electron chi connectivity index (χ3n) is 4.10. The number of imide groups is 1. The number of hydrogen-bond acceptors (Lipinski definition) is 3. The molecule has 1 aliphatic rings. The van der Waals surface area contributed by atoms with Crippen molar-refractivity contribution in [3.8, 4) is 0 Å². The highest BCUT2D eigenvalue weighted by Gasteiger charge is 2.68. The Morgan fingerprint density at radius 2 is 1.79 bits per heavy atom. The molecule has 2 aromatic carbocycles. The van der Waals surface area contributed by atoms with E-state index in [1.54, 1.807) is 41.0 Å². The average molecular weight is 412 g/mol. The number of rotatable bonds is 4. The molecule has 0 spiro atoms. The van der Waals surface area contributed by atoms with Crippen LogP contribution in [-0.4, -0.2) is 34.6 Å². The Labute approximate surface area is 162 Å². The number of halogens is 4. The summed E-state index contributed by atoms with van der Waals surface area (Å²) >= 11 is 5.75. The molecule has 4 amide bonds. The van der Waals surface area contributed by atoms with Crippen LogP contribution in [0, 0.1) is 0 Å². The largest absolute Gasteiger partial charge is 0.440 e. The predicted molar refractivity (Wildman–Crippen MR) is 93.2 cm³/mol. The number of urea groups is 1. The van der Waals surface area contributed by atoms with Crippen molar-refractivity contribution in [1.29, 1.82) is 0 Å². The zero-order valence-corrected chi connectivity index (χ0v) is 14.8. The first-order valence-electron chi connectivity index (χ1n) is 7.97. The lowest BCUT2D eigenvalue weighted by Gasteiger charge is -2.29. The molecule has 10 heteroatoms. The molecular formula is C18H13ClF3N3O3. The molecule has 2 aromatic rings. The van der Waals surface area contributed by atoms with Crippen LogP contribution < -0.4 is 10.6 Å². The van der Waals surface area contributed by atoms with Crippen molar-refractivity contribution in [3.05, 3.63) is 70.7 Å². The molecule has 28 heavy (non-hydrogen) atoms. The third kappa shape index (κ3) is 3.53. The molecule has 2 N–H and O–H groups in total. The van der Waals surface area contributed by atoms with Gasteiger partial charge in [-0.3, -0.25) is 19.8 Å². The minimum atomic E-state index is -5.28. The summed E-state index contributed by atoms with van der Waals surface area (Å²) in [6.45, 7) is -0.379. The maximum absolute atomic E-state index is 13.8. The van der Waals surface area contributed by atoms with Gasteiger partial charge in [0.25, 0.3) is 17.5 Å². The molecule has 146 valence electrons. The molecule has 0 saturated carbocycles. The Morgan fingerprint density at radius 1 is 1.11 bits per heavy atom. The summed E-state index contributed by atoms with van der Waals surface area (Å²) in [5.74, 6) is -2.83. The highest BCUT2D eigenvalue weighted by molar-refractivity contribution is 6.31. The molecule has 0 aromatic heterocycles. The van der Waals surface area contributed by atoms with Crippen LogP contribution in [-0.2, 0) is 11.3 Å². The molecule has 1 saturated heterocycles. The first-order chi connectivity index (χ1) is 13.1. The minimum absolute atomic E-state index is 0.126. The number of amides is 4. The normalized spacial score (nSPS) is 19.5.